The van der Waals surface area contributed by atoms with Crippen LogP contribution in [0.15, 0.2) is 52.9 Å². The number of ether oxygens (including phenoxy) is 1. The molecule has 3 aromatic rings. The lowest BCUT2D eigenvalue weighted by molar-refractivity contribution is -0.118. The fraction of sp³-hybridized carbons (Fsp3) is 0.250. The summed E-state index contributed by atoms with van der Waals surface area (Å²) in [6.45, 7) is 3.91. The number of hydrogen-bond acceptors (Lipinski definition) is 5. The van der Waals surface area contributed by atoms with Crippen LogP contribution in [0.25, 0.3) is 0 Å². The van der Waals surface area contributed by atoms with E-state index in [0.29, 0.717) is 18.1 Å². The zero-order chi connectivity index (χ0) is 18.4. The van der Waals surface area contributed by atoms with E-state index in [-0.39, 0.29) is 18.5 Å². The first-order chi connectivity index (χ1) is 12.6. The minimum Gasteiger partial charge on any atom is -0.483 e. The van der Waals surface area contributed by atoms with Gasteiger partial charge in [-0.3, -0.25) is 10.1 Å². The van der Waals surface area contributed by atoms with Crippen LogP contribution in [0, 0.1) is 6.92 Å². The Morgan fingerprint density at radius 2 is 1.81 bits per heavy atom. The van der Waals surface area contributed by atoms with Gasteiger partial charge in [-0.15, -0.1) is 5.10 Å². The maximum Gasteiger partial charge on any atom is 0.322 e. The Bertz CT molecular complexity index is 872. The van der Waals surface area contributed by atoms with E-state index in [1.54, 1.807) is 0 Å². The van der Waals surface area contributed by atoms with E-state index in [1.165, 1.54) is 5.56 Å². The predicted octanol–water partition coefficient (Wildman–Crippen LogP) is 3.55. The van der Waals surface area contributed by atoms with Crippen LogP contribution in [0.3, 0.4) is 0 Å². The number of aryl methyl sites for hydroxylation is 2. The quantitative estimate of drug-likeness (QED) is 0.704. The fourth-order valence-electron chi connectivity index (χ4n) is 2.46. The van der Waals surface area contributed by atoms with Crippen LogP contribution in [0.1, 0.15) is 29.5 Å². The van der Waals surface area contributed by atoms with Crippen molar-refractivity contribution in [3.05, 3.63) is 71.1 Å². The molecule has 3 rings (SSSR count). The summed E-state index contributed by atoms with van der Waals surface area (Å²) >= 11 is 0. The van der Waals surface area contributed by atoms with Gasteiger partial charge >= 0.3 is 6.01 Å². The van der Waals surface area contributed by atoms with Crippen molar-refractivity contribution in [3.63, 3.8) is 0 Å². The van der Waals surface area contributed by atoms with Crippen molar-refractivity contribution in [3.8, 4) is 5.75 Å². The smallest absolute Gasteiger partial charge is 0.322 e. The Morgan fingerprint density at radius 1 is 1.08 bits per heavy atom. The molecule has 1 heterocycles. The van der Waals surface area contributed by atoms with Crippen LogP contribution in [-0.2, 0) is 17.6 Å². The van der Waals surface area contributed by atoms with Crippen LogP contribution in [0.2, 0.25) is 0 Å². The summed E-state index contributed by atoms with van der Waals surface area (Å²) in [5.74, 6) is 0.768. The van der Waals surface area contributed by atoms with E-state index < -0.39 is 0 Å². The molecule has 0 radical (unpaired) electrons. The lowest BCUT2D eigenvalue weighted by Gasteiger charge is -2.07. The van der Waals surface area contributed by atoms with E-state index in [2.05, 4.69) is 34.6 Å². The number of amides is 1. The molecule has 0 bridgehead atoms. The molecule has 1 aromatic heterocycles. The van der Waals surface area contributed by atoms with E-state index in [0.717, 1.165) is 17.5 Å². The molecule has 6 nitrogen and oxygen atoms in total. The first kappa shape index (κ1) is 17.7. The van der Waals surface area contributed by atoms with Crippen LogP contribution < -0.4 is 10.1 Å². The molecule has 2 aromatic carbocycles. The highest BCUT2D eigenvalue weighted by Crippen LogP contribution is 2.16. The third-order valence-corrected chi connectivity index (χ3v) is 3.95. The highest BCUT2D eigenvalue weighted by Gasteiger charge is 2.11. The fourth-order valence-corrected chi connectivity index (χ4v) is 2.46. The van der Waals surface area contributed by atoms with Gasteiger partial charge in [0.05, 0.1) is 6.42 Å². The summed E-state index contributed by atoms with van der Waals surface area (Å²) < 4.78 is 11.0. The number of hydrogen-bond donors (Lipinski definition) is 1. The molecule has 26 heavy (non-hydrogen) atoms. The molecule has 0 saturated carbocycles. The lowest BCUT2D eigenvalue weighted by Crippen LogP contribution is -2.20. The SMILES string of the molecule is CCc1ccc(Cc2nnc(NC(=O)COc3ccccc3C)o2)cc1. The van der Waals surface area contributed by atoms with E-state index in [9.17, 15) is 4.79 Å². The maximum atomic E-state index is 12.0. The van der Waals surface area contributed by atoms with Gasteiger partial charge in [-0.25, -0.2) is 0 Å². The van der Waals surface area contributed by atoms with Crippen molar-refractivity contribution >= 4 is 11.9 Å². The second kappa shape index (κ2) is 8.29. The number of carbonyl (C=O) groups is 1. The molecular weight excluding hydrogens is 330 g/mol. The third kappa shape index (κ3) is 4.69. The number of nitrogens with zero attached hydrogens (tertiary/aromatic N) is 2. The topological polar surface area (TPSA) is 77.2 Å². The Balaban J connectivity index is 1.52. The summed E-state index contributed by atoms with van der Waals surface area (Å²) in [7, 11) is 0. The zero-order valence-corrected chi connectivity index (χ0v) is 14.9. The van der Waals surface area contributed by atoms with Gasteiger partial charge in [-0.05, 0) is 36.1 Å². The average molecular weight is 351 g/mol. The van der Waals surface area contributed by atoms with Crippen molar-refractivity contribution in [2.45, 2.75) is 26.7 Å². The molecule has 0 fully saturated rings. The first-order valence-electron chi connectivity index (χ1n) is 8.52. The molecule has 1 N–H and O–H groups in total. The molecule has 0 spiro atoms. The van der Waals surface area contributed by atoms with Crippen molar-refractivity contribution < 1.29 is 13.9 Å². The number of aromatic nitrogens is 2. The molecule has 0 aliphatic heterocycles. The number of anilines is 1. The molecule has 0 saturated heterocycles. The molecule has 0 atom stereocenters. The van der Waals surface area contributed by atoms with Crippen LogP contribution >= 0.6 is 0 Å². The molecular formula is C20H21N3O3. The van der Waals surface area contributed by atoms with E-state index in [4.69, 9.17) is 9.15 Å². The van der Waals surface area contributed by atoms with E-state index >= 15 is 0 Å². The lowest BCUT2D eigenvalue weighted by atomic mass is 10.1. The number of rotatable bonds is 7. The van der Waals surface area contributed by atoms with E-state index in [1.807, 2.05) is 43.3 Å². The molecule has 134 valence electrons. The average Bonchev–Trinajstić information content (AvgIpc) is 3.08. The van der Waals surface area contributed by atoms with Crippen LogP contribution in [0.4, 0.5) is 6.01 Å². The predicted molar refractivity (Wildman–Crippen MR) is 98.2 cm³/mol. The van der Waals surface area contributed by atoms with Gasteiger partial charge in [-0.2, -0.15) is 0 Å². The Labute approximate surface area is 152 Å². The second-order valence-electron chi connectivity index (χ2n) is 5.95. The minimum absolute atomic E-state index is 0.0727. The standard InChI is InChI=1S/C20H21N3O3/c1-3-15-8-10-16(11-9-15)12-19-22-23-20(26-19)21-18(24)13-25-17-7-5-4-6-14(17)2/h4-11H,3,12-13H2,1-2H3,(H,21,23,24). The summed E-state index contributed by atoms with van der Waals surface area (Å²) in [6, 6.07) is 15.8. The highest BCUT2D eigenvalue weighted by atomic mass is 16.5. The minimum atomic E-state index is -0.351. The van der Waals surface area contributed by atoms with Gasteiger partial charge in [0.25, 0.3) is 5.91 Å². The molecule has 1 amide bonds. The second-order valence-corrected chi connectivity index (χ2v) is 5.95. The number of nitrogens with one attached hydrogen (secondary N) is 1. The van der Waals surface area contributed by atoms with Gasteiger partial charge < -0.3 is 9.15 Å². The first-order valence-corrected chi connectivity index (χ1v) is 8.52. The molecule has 6 heteroatoms. The Morgan fingerprint density at radius 3 is 2.54 bits per heavy atom. The van der Waals surface area contributed by atoms with Crippen molar-refractivity contribution in [2.24, 2.45) is 0 Å². The van der Waals surface area contributed by atoms with Crippen molar-refractivity contribution in [1.29, 1.82) is 0 Å². The largest absolute Gasteiger partial charge is 0.483 e. The molecule has 0 unspecified atom stereocenters. The molecule has 0 aliphatic carbocycles. The molecule has 0 aliphatic rings. The summed E-state index contributed by atoms with van der Waals surface area (Å²) in [6.07, 6.45) is 1.52. The van der Waals surface area contributed by atoms with Crippen molar-refractivity contribution in [1.82, 2.24) is 10.2 Å². The number of benzene rings is 2. The summed E-state index contributed by atoms with van der Waals surface area (Å²) in [5, 5.41) is 10.4. The maximum absolute atomic E-state index is 12.0. The van der Waals surface area contributed by atoms with Gasteiger partial charge in [0.2, 0.25) is 5.89 Å². The van der Waals surface area contributed by atoms with Gasteiger partial charge in [-0.1, -0.05) is 54.5 Å². The van der Waals surface area contributed by atoms with Crippen LogP contribution in [0.5, 0.6) is 5.75 Å². The summed E-state index contributed by atoms with van der Waals surface area (Å²) in [4.78, 5) is 12.0. The summed E-state index contributed by atoms with van der Waals surface area (Å²) in [5.41, 5.74) is 3.32. The Hall–Kier alpha value is -3.15. The monoisotopic (exact) mass is 351 g/mol. The van der Waals surface area contributed by atoms with Crippen molar-refractivity contribution in [2.75, 3.05) is 11.9 Å². The number of carbonyl (C=O) groups excluding carboxylic acids is 1. The van der Waals surface area contributed by atoms with Gasteiger partial charge in [0.1, 0.15) is 5.75 Å². The normalized spacial score (nSPS) is 10.5. The Kier molecular flexibility index (Phi) is 5.63. The van der Waals surface area contributed by atoms with Gasteiger partial charge in [0, 0.05) is 0 Å². The highest BCUT2D eigenvalue weighted by molar-refractivity contribution is 5.89. The number of para-hydroxylation sites is 1. The van der Waals surface area contributed by atoms with Gasteiger partial charge in [0.15, 0.2) is 6.61 Å². The zero-order valence-electron chi connectivity index (χ0n) is 14.9. The van der Waals surface area contributed by atoms with Crippen LogP contribution in [-0.4, -0.2) is 22.7 Å². The third-order valence-electron chi connectivity index (χ3n) is 3.95.